The van der Waals surface area contributed by atoms with Gasteiger partial charge in [-0.15, -0.1) is 0 Å². The first-order valence-corrected chi connectivity index (χ1v) is 5.67. The van der Waals surface area contributed by atoms with Crippen LogP contribution in [0.1, 0.15) is 30.5 Å². The molecule has 2 aliphatic heterocycles. The summed E-state index contributed by atoms with van der Waals surface area (Å²) < 4.78 is 0. The van der Waals surface area contributed by atoms with E-state index in [1.165, 1.54) is 11.1 Å². The normalized spacial score (nSPS) is 32.9. The number of benzene rings is 1. The lowest BCUT2D eigenvalue weighted by Crippen LogP contribution is -2.31. The lowest BCUT2D eigenvalue weighted by molar-refractivity contribution is -0.183. The molecular weight excluding hydrogens is 200 g/mol. The average Bonchev–Trinajstić information content (AvgIpc) is 2.67. The lowest BCUT2D eigenvalue weighted by atomic mass is 9.89. The van der Waals surface area contributed by atoms with E-state index in [-0.39, 0.29) is 6.04 Å². The van der Waals surface area contributed by atoms with Crippen molar-refractivity contribution in [1.82, 2.24) is 5.06 Å². The predicted octanol–water partition coefficient (Wildman–Crippen LogP) is 2.20. The number of hydrogen-bond acceptors (Lipinski definition) is 3. The topological polar surface area (TPSA) is 36.3 Å². The molecule has 0 saturated carbocycles. The van der Waals surface area contributed by atoms with Crippen LogP contribution in [0.4, 0.5) is 0 Å². The average molecular weight is 214 g/mol. The van der Waals surface area contributed by atoms with Crippen molar-refractivity contribution in [1.29, 1.82) is 5.26 Å². The van der Waals surface area contributed by atoms with E-state index in [9.17, 15) is 0 Å². The molecule has 2 atom stereocenters. The summed E-state index contributed by atoms with van der Waals surface area (Å²) in [7, 11) is 0. The fourth-order valence-electron chi connectivity index (χ4n) is 2.68. The molecule has 3 nitrogen and oxygen atoms in total. The highest BCUT2D eigenvalue weighted by atomic mass is 16.7. The largest absolute Gasteiger partial charge is 0.277 e. The predicted molar refractivity (Wildman–Crippen MR) is 59.3 cm³/mol. The monoisotopic (exact) mass is 214 g/mol. The van der Waals surface area contributed by atoms with Crippen LogP contribution < -0.4 is 0 Å². The van der Waals surface area contributed by atoms with Gasteiger partial charge in [-0.05, 0) is 24.5 Å². The minimum Gasteiger partial charge on any atom is -0.277 e. The summed E-state index contributed by atoms with van der Waals surface area (Å²) in [6.45, 7) is 2.76. The van der Waals surface area contributed by atoms with Gasteiger partial charge in [-0.2, -0.15) is 10.3 Å². The zero-order valence-electron chi connectivity index (χ0n) is 9.31. The Labute approximate surface area is 95.2 Å². The molecule has 0 aromatic heterocycles. The van der Waals surface area contributed by atoms with Crippen molar-refractivity contribution < 1.29 is 4.84 Å². The van der Waals surface area contributed by atoms with Crippen LogP contribution >= 0.6 is 0 Å². The second-order valence-electron chi connectivity index (χ2n) is 4.74. The Balaban J connectivity index is 2.00. The molecule has 0 N–H and O–H groups in total. The van der Waals surface area contributed by atoms with Crippen molar-refractivity contribution >= 4 is 0 Å². The summed E-state index contributed by atoms with van der Waals surface area (Å²) in [5, 5.41) is 11.1. The fourth-order valence-corrected chi connectivity index (χ4v) is 2.68. The number of hydroxylamine groups is 2. The summed E-state index contributed by atoms with van der Waals surface area (Å²) in [5.74, 6) is 0. The van der Waals surface area contributed by atoms with Gasteiger partial charge in [0, 0.05) is 13.0 Å². The summed E-state index contributed by atoms with van der Waals surface area (Å²) in [6.07, 6.45) is 1.77. The van der Waals surface area contributed by atoms with Gasteiger partial charge < -0.3 is 0 Å². The van der Waals surface area contributed by atoms with Crippen LogP contribution in [-0.4, -0.2) is 17.2 Å². The molecule has 0 radical (unpaired) electrons. The number of rotatable bonds is 0. The van der Waals surface area contributed by atoms with Crippen molar-refractivity contribution in [2.45, 2.75) is 31.4 Å². The van der Waals surface area contributed by atoms with Crippen molar-refractivity contribution in [3.63, 3.8) is 0 Å². The first-order chi connectivity index (χ1) is 7.72. The molecule has 3 rings (SSSR count). The quantitative estimate of drug-likeness (QED) is 0.664. The van der Waals surface area contributed by atoms with E-state index in [4.69, 9.17) is 10.1 Å². The first-order valence-electron chi connectivity index (χ1n) is 5.67. The SMILES string of the molecule is CC1(C#N)C[C@H]2c3ccccc3CCN2O1. The Morgan fingerprint density at radius 1 is 1.50 bits per heavy atom. The molecule has 2 aliphatic rings. The van der Waals surface area contributed by atoms with Crippen LogP contribution in [0.5, 0.6) is 0 Å². The first kappa shape index (κ1) is 9.83. The van der Waals surface area contributed by atoms with E-state index in [0.717, 1.165) is 19.4 Å². The molecule has 82 valence electrons. The van der Waals surface area contributed by atoms with Crippen LogP contribution in [0.3, 0.4) is 0 Å². The summed E-state index contributed by atoms with van der Waals surface area (Å²) in [5.41, 5.74) is 2.07. The van der Waals surface area contributed by atoms with E-state index in [0.29, 0.717) is 0 Å². The van der Waals surface area contributed by atoms with Gasteiger partial charge in [-0.25, -0.2) is 0 Å². The molecule has 1 aromatic carbocycles. The number of nitriles is 1. The smallest absolute Gasteiger partial charge is 0.174 e. The van der Waals surface area contributed by atoms with E-state index >= 15 is 0 Å². The van der Waals surface area contributed by atoms with E-state index in [1.807, 2.05) is 12.0 Å². The van der Waals surface area contributed by atoms with Crippen molar-refractivity contribution in [2.75, 3.05) is 6.54 Å². The van der Waals surface area contributed by atoms with Gasteiger partial charge in [0.15, 0.2) is 5.60 Å². The minimum absolute atomic E-state index is 0.259. The Kier molecular flexibility index (Phi) is 2.03. The highest BCUT2D eigenvalue weighted by molar-refractivity contribution is 5.33. The Hall–Kier alpha value is -1.37. The second kappa shape index (κ2) is 3.31. The molecule has 1 unspecified atom stereocenters. The van der Waals surface area contributed by atoms with Gasteiger partial charge in [0.2, 0.25) is 0 Å². The maximum absolute atomic E-state index is 9.12. The number of hydrogen-bond donors (Lipinski definition) is 0. The summed E-state index contributed by atoms with van der Waals surface area (Å²) in [4.78, 5) is 5.73. The highest BCUT2D eigenvalue weighted by Crippen LogP contribution is 2.43. The van der Waals surface area contributed by atoms with Crippen molar-refractivity contribution in [3.05, 3.63) is 35.4 Å². The zero-order chi connectivity index (χ0) is 11.2. The molecule has 0 aliphatic carbocycles. The summed E-state index contributed by atoms with van der Waals surface area (Å²) in [6, 6.07) is 11.0. The maximum atomic E-state index is 9.12. The zero-order valence-corrected chi connectivity index (χ0v) is 9.31. The molecule has 1 aromatic rings. The molecule has 1 saturated heterocycles. The van der Waals surface area contributed by atoms with E-state index < -0.39 is 5.60 Å². The standard InChI is InChI=1S/C13H14N2O/c1-13(9-14)8-12-11-5-3-2-4-10(11)6-7-15(12)16-13/h2-5,12H,6-8H2,1H3/t12-,13?/m0/s1. The van der Waals surface area contributed by atoms with Crippen LogP contribution in [0.15, 0.2) is 24.3 Å². The van der Waals surface area contributed by atoms with Gasteiger partial charge in [0.05, 0.1) is 12.1 Å². The van der Waals surface area contributed by atoms with Gasteiger partial charge in [-0.3, -0.25) is 4.84 Å². The lowest BCUT2D eigenvalue weighted by Gasteiger charge is -2.29. The molecule has 0 spiro atoms. The van der Waals surface area contributed by atoms with E-state index in [1.54, 1.807) is 0 Å². The fraction of sp³-hybridized carbons (Fsp3) is 0.462. The van der Waals surface area contributed by atoms with Gasteiger partial charge in [0.1, 0.15) is 0 Å². The third-order valence-electron chi connectivity index (χ3n) is 3.50. The van der Waals surface area contributed by atoms with Gasteiger partial charge in [-0.1, -0.05) is 24.3 Å². The molecule has 0 bridgehead atoms. The Bertz CT molecular complexity index is 465. The molecule has 1 fully saturated rings. The Morgan fingerprint density at radius 2 is 2.31 bits per heavy atom. The third kappa shape index (κ3) is 1.35. The molecule has 16 heavy (non-hydrogen) atoms. The maximum Gasteiger partial charge on any atom is 0.174 e. The van der Waals surface area contributed by atoms with Crippen LogP contribution in [0.2, 0.25) is 0 Å². The molecule has 3 heteroatoms. The summed E-state index contributed by atoms with van der Waals surface area (Å²) >= 11 is 0. The number of fused-ring (bicyclic) bond motifs is 3. The van der Waals surface area contributed by atoms with Crippen molar-refractivity contribution in [2.24, 2.45) is 0 Å². The van der Waals surface area contributed by atoms with E-state index in [2.05, 4.69) is 30.3 Å². The van der Waals surface area contributed by atoms with Crippen LogP contribution in [0, 0.1) is 11.3 Å². The number of nitrogens with zero attached hydrogens (tertiary/aromatic N) is 2. The molecule has 2 heterocycles. The van der Waals surface area contributed by atoms with Gasteiger partial charge >= 0.3 is 0 Å². The van der Waals surface area contributed by atoms with Crippen LogP contribution in [0.25, 0.3) is 0 Å². The molecule has 0 amide bonds. The van der Waals surface area contributed by atoms with Gasteiger partial charge in [0.25, 0.3) is 0 Å². The minimum atomic E-state index is -0.651. The second-order valence-corrected chi connectivity index (χ2v) is 4.74. The highest BCUT2D eigenvalue weighted by Gasteiger charge is 2.45. The molecular formula is C13H14N2O. The van der Waals surface area contributed by atoms with Crippen LogP contribution in [-0.2, 0) is 11.3 Å². The third-order valence-corrected chi connectivity index (χ3v) is 3.50. The van der Waals surface area contributed by atoms with Crippen molar-refractivity contribution in [3.8, 4) is 6.07 Å². The Morgan fingerprint density at radius 3 is 3.12 bits per heavy atom.